The Morgan fingerprint density at radius 3 is 2.65 bits per heavy atom. The van der Waals surface area contributed by atoms with Crippen LogP contribution in [0.3, 0.4) is 0 Å². The van der Waals surface area contributed by atoms with Crippen LogP contribution in [0.4, 0.5) is 5.69 Å². The second kappa shape index (κ2) is 6.71. The molecule has 1 amide bonds. The van der Waals surface area contributed by atoms with Crippen molar-refractivity contribution in [1.29, 1.82) is 0 Å². The number of carbonyl (C=O) groups is 1. The van der Waals surface area contributed by atoms with Gasteiger partial charge in [-0.05, 0) is 62.6 Å². The number of aromatic nitrogens is 1. The highest BCUT2D eigenvalue weighted by Crippen LogP contribution is 2.64. The van der Waals surface area contributed by atoms with E-state index in [0.717, 1.165) is 45.6 Å². The Morgan fingerprint density at radius 2 is 1.92 bits per heavy atom. The number of benzene rings is 1. The summed E-state index contributed by atoms with van der Waals surface area (Å²) < 4.78 is 1.59. The fourth-order valence-electron chi connectivity index (χ4n) is 5.19. The molecule has 2 aliphatic carbocycles. The van der Waals surface area contributed by atoms with Crippen LogP contribution in [-0.4, -0.2) is 26.5 Å². The predicted octanol–water partition coefficient (Wildman–Crippen LogP) is 5.55. The van der Waals surface area contributed by atoms with Gasteiger partial charge in [0, 0.05) is 23.1 Å². The van der Waals surface area contributed by atoms with E-state index in [1.807, 2.05) is 19.1 Å². The Kier molecular flexibility index (Phi) is 4.49. The van der Waals surface area contributed by atoms with Crippen LogP contribution in [0.25, 0.3) is 10.2 Å². The first-order chi connectivity index (χ1) is 12.6. The molecule has 138 valence electrons. The fraction of sp³-hybridized carbons (Fsp3) is 0.600. The molecule has 2 bridgehead atoms. The number of anilines is 1. The van der Waals surface area contributed by atoms with Crippen molar-refractivity contribution in [2.45, 2.75) is 43.1 Å². The topological polar surface area (TPSA) is 42.0 Å². The number of thiazole rings is 1. The van der Waals surface area contributed by atoms with Crippen LogP contribution in [0.1, 0.15) is 37.1 Å². The van der Waals surface area contributed by atoms with Gasteiger partial charge in [-0.3, -0.25) is 4.79 Å². The summed E-state index contributed by atoms with van der Waals surface area (Å²) in [5, 5.41) is 4.28. The summed E-state index contributed by atoms with van der Waals surface area (Å²) >= 11 is 6.10. The number of aryl methyl sites for hydroxylation is 1. The highest BCUT2D eigenvalue weighted by molar-refractivity contribution is 8.21. The van der Waals surface area contributed by atoms with E-state index in [1.165, 1.54) is 30.8 Å². The van der Waals surface area contributed by atoms with Crippen molar-refractivity contribution in [2.24, 2.45) is 17.8 Å². The smallest absolute Gasteiger partial charge is 0.227 e. The molecule has 1 N–H and O–H groups in total. The van der Waals surface area contributed by atoms with E-state index in [-0.39, 0.29) is 11.8 Å². The lowest BCUT2D eigenvalue weighted by Crippen LogP contribution is -2.48. The molecule has 3 atom stereocenters. The third kappa shape index (κ3) is 2.89. The number of fused-ring (bicyclic) bond motifs is 1. The molecule has 3 fully saturated rings. The van der Waals surface area contributed by atoms with Gasteiger partial charge in [0.2, 0.25) is 5.91 Å². The van der Waals surface area contributed by atoms with Crippen molar-refractivity contribution in [3.05, 3.63) is 23.2 Å². The van der Waals surface area contributed by atoms with Gasteiger partial charge in [-0.1, -0.05) is 6.42 Å². The van der Waals surface area contributed by atoms with Crippen molar-refractivity contribution < 1.29 is 4.79 Å². The molecule has 1 aromatic heterocycles. The Labute approximate surface area is 167 Å². The molecule has 0 radical (unpaired) electrons. The van der Waals surface area contributed by atoms with Gasteiger partial charge in [-0.25, -0.2) is 4.98 Å². The zero-order valence-corrected chi connectivity index (χ0v) is 17.4. The molecule has 1 aliphatic heterocycles. The van der Waals surface area contributed by atoms with Gasteiger partial charge in [-0.15, -0.1) is 34.9 Å². The summed E-state index contributed by atoms with van der Waals surface area (Å²) in [6, 6.07) is 6.09. The van der Waals surface area contributed by atoms with Gasteiger partial charge in [0.15, 0.2) is 0 Å². The number of thioether (sulfide) groups is 2. The number of hydrogen-bond acceptors (Lipinski definition) is 5. The van der Waals surface area contributed by atoms with Gasteiger partial charge in [0.05, 0.1) is 19.3 Å². The Hall–Kier alpha value is -0.720. The molecule has 1 saturated heterocycles. The number of rotatable bonds is 2. The molecule has 2 heterocycles. The molecule has 3 nitrogen and oxygen atoms in total. The van der Waals surface area contributed by atoms with Crippen LogP contribution in [0.2, 0.25) is 0 Å². The summed E-state index contributed by atoms with van der Waals surface area (Å²) in [5.74, 6) is 4.43. The molecule has 2 aromatic rings. The summed E-state index contributed by atoms with van der Waals surface area (Å²) in [4.78, 5) is 17.5. The second-order valence-corrected chi connectivity index (χ2v) is 12.1. The van der Waals surface area contributed by atoms with E-state index in [1.54, 1.807) is 11.3 Å². The maximum Gasteiger partial charge on any atom is 0.227 e. The lowest BCUT2D eigenvalue weighted by Gasteiger charge is -2.52. The number of nitrogens with one attached hydrogen (secondary N) is 1. The van der Waals surface area contributed by atoms with Gasteiger partial charge in [0.25, 0.3) is 0 Å². The normalized spacial score (nSPS) is 30.0. The average Bonchev–Trinajstić information content (AvgIpc) is 3.20. The second-order valence-electron chi connectivity index (χ2n) is 7.82. The first kappa shape index (κ1) is 17.4. The third-order valence-corrected chi connectivity index (χ3v) is 11.2. The number of hydrogen-bond donors (Lipinski definition) is 1. The Morgan fingerprint density at radius 1 is 1.19 bits per heavy atom. The van der Waals surface area contributed by atoms with Gasteiger partial charge in [-0.2, -0.15) is 0 Å². The predicted molar refractivity (Wildman–Crippen MR) is 114 cm³/mol. The van der Waals surface area contributed by atoms with Crippen molar-refractivity contribution in [1.82, 2.24) is 4.98 Å². The number of amides is 1. The lowest BCUT2D eigenvalue weighted by atomic mass is 9.67. The highest BCUT2D eigenvalue weighted by atomic mass is 32.2. The largest absolute Gasteiger partial charge is 0.326 e. The molecule has 2 saturated carbocycles. The van der Waals surface area contributed by atoms with Gasteiger partial charge >= 0.3 is 0 Å². The summed E-state index contributed by atoms with van der Waals surface area (Å²) in [6.45, 7) is 2.03. The summed E-state index contributed by atoms with van der Waals surface area (Å²) in [6.07, 6.45) is 6.13. The van der Waals surface area contributed by atoms with Gasteiger partial charge in [0.1, 0.15) is 0 Å². The lowest BCUT2D eigenvalue weighted by molar-refractivity contribution is -0.122. The van der Waals surface area contributed by atoms with Crippen molar-refractivity contribution >= 4 is 56.7 Å². The van der Waals surface area contributed by atoms with Crippen molar-refractivity contribution in [3.8, 4) is 0 Å². The monoisotopic (exact) mass is 404 g/mol. The van der Waals surface area contributed by atoms with Crippen molar-refractivity contribution in [2.75, 3.05) is 16.8 Å². The summed E-state index contributed by atoms with van der Waals surface area (Å²) in [7, 11) is 0. The molecule has 1 spiro atoms. The van der Waals surface area contributed by atoms with E-state index in [9.17, 15) is 4.79 Å². The minimum Gasteiger partial charge on any atom is -0.326 e. The SMILES string of the molecule is Cc1nc2ccc(NC(=O)C3C[C@H]4CCC[C@@H](C3)C43SCCS3)cc2s1. The van der Waals surface area contributed by atoms with Crippen molar-refractivity contribution in [3.63, 3.8) is 0 Å². The van der Waals surface area contributed by atoms with E-state index in [4.69, 9.17) is 0 Å². The van der Waals surface area contributed by atoms with Crippen LogP contribution in [-0.2, 0) is 4.79 Å². The molecule has 26 heavy (non-hydrogen) atoms. The molecule has 5 rings (SSSR count). The van der Waals surface area contributed by atoms with Crippen LogP contribution >= 0.6 is 34.9 Å². The molecular formula is C20H24N2OS3. The number of nitrogens with zero attached hydrogens (tertiary/aromatic N) is 1. The minimum absolute atomic E-state index is 0.177. The van der Waals surface area contributed by atoms with E-state index in [2.05, 4.69) is 39.9 Å². The van der Waals surface area contributed by atoms with Crippen LogP contribution < -0.4 is 5.32 Å². The standard InChI is InChI=1S/C20H24N2OS3/c1-12-21-17-6-5-16(11-18(17)26-12)22-19(23)13-9-14-3-2-4-15(10-13)20(14)24-7-8-25-20/h5-6,11,13-15H,2-4,7-10H2,1H3,(H,22,23)/t13?,14-,15+. The fourth-order valence-corrected chi connectivity index (χ4v) is 9.99. The quantitative estimate of drug-likeness (QED) is 0.713. The van der Waals surface area contributed by atoms with Crippen LogP contribution in [0.5, 0.6) is 0 Å². The molecule has 1 aromatic carbocycles. The number of carbonyl (C=O) groups excluding carboxylic acids is 1. The maximum absolute atomic E-state index is 13.0. The first-order valence-electron chi connectivity index (χ1n) is 9.60. The van der Waals surface area contributed by atoms with Crippen LogP contribution in [0, 0.1) is 24.7 Å². The summed E-state index contributed by atoms with van der Waals surface area (Å²) in [5.41, 5.74) is 1.94. The van der Waals surface area contributed by atoms with E-state index >= 15 is 0 Å². The molecule has 1 unspecified atom stereocenters. The Bertz CT molecular complexity index is 827. The van der Waals surface area contributed by atoms with E-state index in [0.29, 0.717) is 4.08 Å². The first-order valence-corrected chi connectivity index (χ1v) is 12.4. The third-order valence-electron chi connectivity index (χ3n) is 6.25. The zero-order chi connectivity index (χ0) is 17.7. The average molecular weight is 405 g/mol. The molecule has 6 heteroatoms. The maximum atomic E-state index is 13.0. The molecule has 3 aliphatic rings. The van der Waals surface area contributed by atoms with E-state index < -0.39 is 0 Å². The zero-order valence-electron chi connectivity index (χ0n) is 15.0. The Balaban J connectivity index is 1.32. The molecular weight excluding hydrogens is 380 g/mol. The van der Waals surface area contributed by atoms with Crippen LogP contribution in [0.15, 0.2) is 18.2 Å². The highest BCUT2D eigenvalue weighted by Gasteiger charge is 2.55. The van der Waals surface area contributed by atoms with Gasteiger partial charge < -0.3 is 5.32 Å². The minimum atomic E-state index is 0.177.